The predicted molar refractivity (Wildman–Crippen MR) is 83.2 cm³/mol. The highest BCUT2D eigenvalue weighted by Crippen LogP contribution is 2.05. The van der Waals surface area contributed by atoms with Gasteiger partial charge in [-0.15, -0.1) is 0 Å². The van der Waals surface area contributed by atoms with Crippen LogP contribution in [0.25, 0.3) is 0 Å². The van der Waals surface area contributed by atoms with E-state index in [-0.39, 0.29) is 16.9 Å². The van der Waals surface area contributed by atoms with E-state index in [0.717, 1.165) is 31.5 Å². The van der Waals surface area contributed by atoms with Crippen molar-refractivity contribution in [2.24, 2.45) is 0 Å². The van der Waals surface area contributed by atoms with E-state index >= 15 is 0 Å². The Bertz CT molecular complexity index is 689. The van der Waals surface area contributed by atoms with Crippen molar-refractivity contribution in [1.29, 1.82) is 0 Å². The number of amides is 1. The molecule has 0 radical (unpaired) electrons. The first-order valence-electron chi connectivity index (χ1n) is 7.27. The molecule has 0 spiro atoms. The van der Waals surface area contributed by atoms with Gasteiger partial charge in [0.15, 0.2) is 5.43 Å². The van der Waals surface area contributed by atoms with Crippen LogP contribution in [0.1, 0.15) is 42.2 Å². The molecule has 0 saturated heterocycles. The molecule has 1 N–H and O–H groups in total. The smallest absolute Gasteiger partial charge is 0.261 e. The average Bonchev–Trinajstić information content (AvgIpc) is 2.94. The van der Waals surface area contributed by atoms with E-state index in [4.69, 9.17) is 0 Å². The van der Waals surface area contributed by atoms with Gasteiger partial charge in [0.25, 0.3) is 5.91 Å². The van der Waals surface area contributed by atoms with Gasteiger partial charge in [-0.3, -0.25) is 9.59 Å². The largest absolute Gasteiger partial charge is 0.351 e. The van der Waals surface area contributed by atoms with Gasteiger partial charge in [-0.25, -0.2) is 0 Å². The number of hydrogen-bond donors (Lipinski definition) is 1. The Morgan fingerprint density at radius 3 is 2.86 bits per heavy atom. The van der Waals surface area contributed by atoms with Gasteiger partial charge in [0.05, 0.1) is 5.70 Å². The summed E-state index contributed by atoms with van der Waals surface area (Å²) in [6.07, 6.45) is 10.2. The fourth-order valence-electron chi connectivity index (χ4n) is 2.21. The summed E-state index contributed by atoms with van der Waals surface area (Å²) in [5, 5.41) is 2.69. The predicted octanol–water partition coefficient (Wildman–Crippen LogP) is 2.69. The Morgan fingerprint density at radius 2 is 2.19 bits per heavy atom. The SMILES string of the molecule is CCCCCn1cc(C(=O)NC2=C=CC=C2)c(=O)cc1C. The highest BCUT2D eigenvalue weighted by atomic mass is 16.2. The fourth-order valence-corrected chi connectivity index (χ4v) is 2.21. The second kappa shape index (κ2) is 6.91. The third-order valence-corrected chi connectivity index (χ3v) is 3.44. The van der Waals surface area contributed by atoms with E-state index in [2.05, 4.69) is 18.0 Å². The molecule has 0 aromatic carbocycles. The van der Waals surface area contributed by atoms with E-state index in [1.807, 2.05) is 11.5 Å². The summed E-state index contributed by atoms with van der Waals surface area (Å²) in [5.74, 6) is -0.383. The minimum Gasteiger partial charge on any atom is -0.351 e. The molecule has 1 aromatic rings. The second-order valence-electron chi connectivity index (χ2n) is 5.13. The first-order chi connectivity index (χ1) is 10.1. The summed E-state index contributed by atoms with van der Waals surface area (Å²) >= 11 is 0. The number of carbonyl (C=O) groups excluding carboxylic acids is 1. The second-order valence-corrected chi connectivity index (χ2v) is 5.13. The zero-order chi connectivity index (χ0) is 15.2. The molecule has 0 unspecified atom stereocenters. The van der Waals surface area contributed by atoms with Crippen molar-refractivity contribution in [3.8, 4) is 0 Å². The Hall–Kier alpha value is -2.32. The number of pyridine rings is 1. The van der Waals surface area contributed by atoms with Gasteiger partial charge >= 0.3 is 0 Å². The number of nitrogens with zero attached hydrogens (tertiary/aromatic N) is 1. The molecule has 0 bridgehead atoms. The van der Waals surface area contributed by atoms with E-state index < -0.39 is 0 Å². The number of hydrogen-bond acceptors (Lipinski definition) is 2. The van der Waals surface area contributed by atoms with E-state index in [9.17, 15) is 9.59 Å². The Morgan fingerprint density at radius 1 is 1.38 bits per heavy atom. The Labute approximate surface area is 124 Å². The molecule has 2 rings (SSSR count). The Kier molecular flexibility index (Phi) is 4.96. The van der Waals surface area contributed by atoms with Crippen LogP contribution in [0.5, 0.6) is 0 Å². The van der Waals surface area contributed by atoms with Crippen LogP contribution in [0.4, 0.5) is 0 Å². The van der Waals surface area contributed by atoms with Crippen molar-refractivity contribution < 1.29 is 4.79 Å². The third-order valence-electron chi connectivity index (χ3n) is 3.44. The lowest BCUT2D eigenvalue weighted by Gasteiger charge is -2.12. The van der Waals surface area contributed by atoms with E-state index in [0.29, 0.717) is 5.70 Å². The average molecular weight is 284 g/mol. The highest BCUT2D eigenvalue weighted by molar-refractivity contribution is 5.95. The topological polar surface area (TPSA) is 51.1 Å². The van der Waals surface area contributed by atoms with Crippen LogP contribution < -0.4 is 10.7 Å². The monoisotopic (exact) mass is 284 g/mol. The first kappa shape index (κ1) is 15.1. The van der Waals surface area contributed by atoms with Gasteiger partial charge in [-0.2, -0.15) is 0 Å². The summed E-state index contributed by atoms with van der Waals surface area (Å²) in [6.45, 7) is 4.86. The molecule has 1 aliphatic rings. The third kappa shape index (κ3) is 3.83. The molecule has 110 valence electrons. The molecule has 0 fully saturated rings. The lowest BCUT2D eigenvalue weighted by Crippen LogP contribution is -2.28. The number of aromatic nitrogens is 1. The van der Waals surface area contributed by atoms with Crippen molar-refractivity contribution in [2.45, 2.75) is 39.7 Å². The molecule has 0 atom stereocenters. The maximum Gasteiger partial charge on any atom is 0.261 e. The fraction of sp³-hybridized carbons (Fsp3) is 0.353. The number of unbranched alkanes of at least 4 members (excludes halogenated alkanes) is 2. The van der Waals surface area contributed by atoms with Gasteiger partial charge < -0.3 is 9.88 Å². The van der Waals surface area contributed by atoms with Crippen molar-refractivity contribution in [3.05, 3.63) is 63.4 Å². The van der Waals surface area contributed by atoms with Gasteiger partial charge in [0.2, 0.25) is 0 Å². The quantitative estimate of drug-likeness (QED) is 0.645. The zero-order valence-electron chi connectivity index (χ0n) is 12.5. The molecule has 1 heterocycles. The molecule has 1 aromatic heterocycles. The van der Waals surface area contributed by atoms with Crippen LogP contribution in [0.2, 0.25) is 0 Å². The molecule has 0 aliphatic heterocycles. The van der Waals surface area contributed by atoms with Crippen LogP contribution in [0.3, 0.4) is 0 Å². The lowest BCUT2D eigenvalue weighted by atomic mass is 10.2. The van der Waals surface area contributed by atoms with E-state index in [1.165, 1.54) is 6.07 Å². The maximum atomic E-state index is 12.2. The van der Waals surface area contributed by atoms with Crippen molar-refractivity contribution in [3.63, 3.8) is 0 Å². The van der Waals surface area contributed by atoms with Crippen LogP contribution >= 0.6 is 0 Å². The summed E-state index contributed by atoms with van der Waals surface area (Å²) in [6, 6.07) is 1.52. The van der Waals surface area contributed by atoms with Crippen molar-refractivity contribution in [1.82, 2.24) is 9.88 Å². The molecule has 21 heavy (non-hydrogen) atoms. The normalized spacial score (nSPS) is 12.6. The molecule has 1 amide bonds. The van der Waals surface area contributed by atoms with Gasteiger partial charge in [0, 0.05) is 24.5 Å². The molecular weight excluding hydrogens is 264 g/mol. The first-order valence-corrected chi connectivity index (χ1v) is 7.27. The number of rotatable bonds is 6. The van der Waals surface area contributed by atoms with Crippen molar-refractivity contribution in [2.75, 3.05) is 0 Å². The van der Waals surface area contributed by atoms with Gasteiger partial charge in [0.1, 0.15) is 5.56 Å². The van der Waals surface area contributed by atoms with Crippen LogP contribution in [-0.2, 0) is 6.54 Å². The number of carbonyl (C=O) groups is 1. The summed E-state index contributed by atoms with van der Waals surface area (Å²) in [7, 11) is 0. The Balaban J connectivity index is 2.20. The molecule has 4 nitrogen and oxygen atoms in total. The van der Waals surface area contributed by atoms with Crippen LogP contribution in [0.15, 0.2) is 46.7 Å². The molecule has 1 aliphatic carbocycles. The molecular formula is C17H20N2O2. The van der Waals surface area contributed by atoms with Crippen molar-refractivity contribution >= 4 is 5.91 Å². The van der Waals surface area contributed by atoms with Crippen LogP contribution in [0, 0.1) is 6.92 Å². The summed E-state index contributed by atoms with van der Waals surface area (Å²) in [5.41, 5.74) is 4.27. The highest BCUT2D eigenvalue weighted by Gasteiger charge is 2.13. The molecule has 4 heteroatoms. The standard InChI is InChI=1S/C17H20N2O2/c1-3-4-7-10-19-12-15(16(20)11-13(19)2)17(21)18-14-8-5-6-9-14/h5-6,8,11-12H,3-4,7,10H2,1-2H3,(H,18,21). The van der Waals surface area contributed by atoms with Crippen LogP contribution in [-0.4, -0.2) is 10.5 Å². The minimum atomic E-state index is -0.383. The summed E-state index contributed by atoms with van der Waals surface area (Å²) in [4.78, 5) is 24.2. The lowest BCUT2D eigenvalue weighted by molar-refractivity contribution is 0.0965. The maximum absolute atomic E-state index is 12.2. The molecule has 0 saturated carbocycles. The number of aryl methyl sites for hydroxylation is 2. The number of allylic oxidation sites excluding steroid dienone is 2. The number of nitrogens with one attached hydrogen (secondary N) is 1. The summed E-state index contributed by atoms with van der Waals surface area (Å²) < 4.78 is 1.97. The van der Waals surface area contributed by atoms with E-state index in [1.54, 1.807) is 24.4 Å². The minimum absolute atomic E-state index is 0.173. The van der Waals surface area contributed by atoms with Gasteiger partial charge in [-0.05, 0) is 25.5 Å². The van der Waals surface area contributed by atoms with Gasteiger partial charge in [-0.1, -0.05) is 31.6 Å². The zero-order valence-corrected chi connectivity index (χ0v) is 12.5.